The average Bonchev–Trinajstić information content (AvgIpc) is 2.14. The third kappa shape index (κ3) is 4.79. The summed E-state index contributed by atoms with van der Waals surface area (Å²) in [4.78, 5) is 10.6. The fraction of sp³-hybridized carbons (Fsp3) is 0.300. The molecule has 0 radical (unpaired) electrons. The molecule has 0 fully saturated rings. The number of aryl methyl sites for hydroxylation is 1. The second-order valence-corrected chi connectivity index (χ2v) is 5.29. The van der Waals surface area contributed by atoms with E-state index in [2.05, 4.69) is 4.72 Å². The standard InChI is InChI=1S/C10H14N2O3S/c1-16(14,15)12-9-5-2-8(3-6-9)4-7-10(11)13/h2-3,5-6,12H,4,7H2,1H3,(H2,11,13). The molecule has 0 bridgehead atoms. The molecule has 0 saturated heterocycles. The van der Waals surface area contributed by atoms with E-state index in [1.807, 2.05) is 0 Å². The van der Waals surface area contributed by atoms with Crippen LogP contribution < -0.4 is 10.5 Å². The SMILES string of the molecule is CS(=O)(=O)Nc1ccc(CCC(N)=O)cc1. The number of sulfonamides is 1. The van der Waals surface area contributed by atoms with Crippen LogP contribution in [0.4, 0.5) is 5.69 Å². The fourth-order valence-electron chi connectivity index (χ4n) is 1.22. The van der Waals surface area contributed by atoms with Crippen LogP contribution in [0.3, 0.4) is 0 Å². The molecule has 0 aromatic heterocycles. The van der Waals surface area contributed by atoms with Gasteiger partial charge in [-0.2, -0.15) is 0 Å². The Morgan fingerprint density at radius 1 is 1.31 bits per heavy atom. The molecule has 0 aliphatic carbocycles. The van der Waals surface area contributed by atoms with Gasteiger partial charge in [0.15, 0.2) is 0 Å². The van der Waals surface area contributed by atoms with Crippen LogP contribution in [0.1, 0.15) is 12.0 Å². The van der Waals surface area contributed by atoms with E-state index in [0.29, 0.717) is 18.5 Å². The average molecular weight is 242 g/mol. The van der Waals surface area contributed by atoms with Gasteiger partial charge in [-0.3, -0.25) is 9.52 Å². The van der Waals surface area contributed by atoms with E-state index < -0.39 is 10.0 Å². The molecule has 1 aromatic carbocycles. The number of anilines is 1. The van der Waals surface area contributed by atoms with Gasteiger partial charge in [-0.1, -0.05) is 12.1 Å². The van der Waals surface area contributed by atoms with Crippen LogP contribution in [0.2, 0.25) is 0 Å². The number of primary amides is 1. The fourth-order valence-corrected chi connectivity index (χ4v) is 1.79. The first-order valence-corrected chi connectivity index (χ1v) is 6.61. The number of hydrogen-bond acceptors (Lipinski definition) is 3. The van der Waals surface area contributed by atoms with E-state index >= 15 is 0 Å². The summed E-state index contributed by atoms with van der Waals surface area (Å²) in [6.45, 7) is 0. The number of amides is 1. The van der Waals surface area contributed by atoms with Crippen molar-refractivity contribution in [2.45, 2.75) is 12.8 Å². The van der Waals surface area contributed by atoms with Crippen LogP contribution in [0, 0.1) is 0 Å². The maximum atomic E-state index is 10.9. The minimum atomic E-state index is -3.24. The second kappa shape index (κ2) is 4.98. The van der Waals surface area contributed by atoms with Gasteiger partial charge in [0.05, 0.1) is 6.26 Å². The van der Waals surface area contributed by atoms with Gasteiger partial charge in [0.1, 0.15) is 0 Å². The molecule has 3 N–H and O–H groups in total. The normalized spacial score (nSPS) is 11.1. The molecule has 1 rings (SSSR count). The monoisotopic (exact) mass is 242 g/mol. The maximum Gasteiger partial charge on any atom is 0.229 e. The molecule has 16 heavy (non-hydrogen) atoms. The van der Waals surface area contributed by atoms with E-state index in [0.717, 1.165) is 11.8 Å². The molecule has 0 saturated carbocycles. The number of nitrogens with two attached hydrogens (primary N) is 1. The Morgan fingerprint density at radius 2 is 1.88 bits per heavy atom. The number of nitrogens with one attached hydrogen (secondary N) is 1. The molecule has 1 amide bonds. The van der Waals surface area contributed by atoms with Crippen molar-refractivity contribution in [3.63, 3.8) is 0 Å². The Balaban J connectivity index is 2.64. The first kappa shape index (κ1) is 12.5. The van der Waals surface area contributed by atoms with E-state index in [-0.39, 0.29) is 5.91 Å². The van der Waals surface area contributed by atoms with Crippen LogP contribution >= 0.6 is 0 Å². The van der Waals surface area contributed by atoms with E-state index in [4.69, 9.17) is 5.73 Å². The zero-order chi connectivity index (χ0) is 12.2. The predicted molar refractivity (Wildman–Crippen MR) is 62.4 cm³/mol. The van der Waals surface area contributed by atoms with Gasteiger partial charge in [-0.25, -0.2) is 8.42 Å². The summed E-state index contributed by atoms with van der Waals surface area (Å²) < 4.78 is 24.2. The van der Waals surface area contributed by atoms with Gasteiger partial charge in [0.2, 0.25) is 15.9 Å². The van der Waals surface area contributed by atoms with Crippen molar-refractivity contribution in [2.24, 2.45) is 5.73 Å². The summed E-state index contributed by atoms with van der Waals surface area (Å²) in [6, 6.07) is 6.82. The number of benzene rings is 1. The Hall–Kier alpha value is -1.56. The van der Waals surface area contributed by atoms with Crippen molar-refractivity contribution in [3.8, 4) is 0 Å². The highest BCUT2D eigenvalue weighted by molar-refractivity contribution is 7.92. The number of hydrogen-bond donors (Lipinski definition) is 2. The summed E-state index contributed by atoms with van der Waals surface area (Å²) in [7, 11) is -3.24. The topological polar surface area (TPSA) is 89.3 Å². The van der Waals surface area contributed by atoms with Gasteiger partial charge in [-0.05, 0) is 24.1 Å². The van der Waals surface area contributed by atoms with E-state index in [1.165, 1.54) is 0 Å². The minimum Gasteiger partial charge on any atom is -0.370 e. The summed E-state index contributed by atoms with van der Waals surface area (Å²) in [5.74, 6) is -0.349. The molecule has 0 aliphatic heterocycles. The van der Waals surface area contributed by atoms with Gasteiger partial charge < -0.3 is 5.73 Å². The highest BCUT2D eigenvalue weighted by Gasteiger charge is 2.02. The van der Waals surface area contributed by atoms with Crippen LogP contribution in [-0.4, -0.2) is 20.6 Å². The van der Waals surface area contributed by atoms with Crippen LogP contribution in [-0.2, 0) is 21.2 Å². The molecule has 6 heteroatoms. The highest BCUT2D eigenvalue weighted by Crippen LogP contribution is 2.11. The summed E-state index contributed by atoms with van der Waals surface area (Å²) in [5, 5.41) is 0. The number of carbonyl (C=O) groups excluding carboxylic acids is 1. The molecule has 0 spiro atoms. The lowest BCUT2D eigenvalue weighted by molar-refractivity contribution is -0.117. The highest BCUT2D eigenvalue weighted by atomic mass is 32.2. The molecular formula is C10H14N2O3S. The Labute approximate surface area is 94.7 Å². The van der Waals surface area contributed by atoms with Crippen LogP contribution in [0.25, 0.3) is 0 Å². The zero-order valence-electron chi connectivity index (χ0n) is 8.93. The lowest BCUT2D eigenvalue weighted by atomic mass is 10.1. The Kier molecular flexibility index (Phi) is 3.89. The predicted octanol–water partition coefficient (Wildman–Crippen LogP) is 0.476. The third-order valence-electron chi connectivity index (χ3n) is 1.92. The number of rotatable bonds is 5. The van der Waals surface area contributed by atoms with Crippen molar-refractivity contribution in [1.29, 1.82) is 0 Å². The number of carbonyl (C=O) groups is 1. The van der Waals surface area contributed by atoms with Gasteiger partial charge in [0.25, 0.3) is 0 Å². The first-order chi connectivity index (χ1) is 7.37. The lowest BCUT2D eigenvalue weighted by Gasteiger charge is -2.04. The van der Waals surface area contributed by atoms with Crippen LogP contribution in [0.5, 0.6) is 0 Å². The lowest BCUT2D eigenvalue weighted by Crippen LogP contribution is -2.11. The minimum absolute atomic E-state index is 0.291. The largest absolute Gasteiger partial charge is 0.370 e. The van der Waals surface area contributed by atoms with Crippen molar-refractivity contribution in [2.75, 3.05) is 11.0 Å². The molecular weight excluding hydrogens is 228 g/mol. The Bertz CT molecular complexity index is 465. The van der Waals surface area contributed by atoms with E-state index in [9.17, 15) is 13.2 Å². The van der Waals surface area contributed by atoms with Crippen molar-refractivity contribution in [1.82, 2.24) is 0 Å². The van der Waals surface area contributed by atoms with Gasteiger partial charge in [-0.15, -0.1) is 0 Å². The smallest absolute Gasteiger partial charge is 0.229 e. The van der Waals surface area contributed by atoms with Gasteiger partial charge in [0, 0.05) is 12.1 Å². The molecule has 0 heterocycles. The molecule has 0 unspecified atom stereocenters. The summed E-state index contributed by atoms with van der Waals surface area (Å²) >= 11 is 0. The third-order valence-corrected chi connectivity index (χ3v) is 2.52. The first-order valence-electron chi connectivity index (χ1n) is 4.72. The van der Waals surface area contributed by atoms with Crippen molar-refractivity contribution < 1.29 is 13.2 Å². The molecule has 5 nitrogen and oxygen atoms in total. The quantitative estimate of drug-likeness (QED) is 0.786. The second-order valence-electron chi connectivity index (χ2n) is 3.54. The van der Waals surface area contributed by atoms with Crippen LogP contribution in [0.15, 0.2) is 24.3 Å². The summed E-state index contributed by atoms with van der Waals surface area (Å²) in [5.41, 5.74) is 6.47. The van der Waals surface area contributed by atoms with Gasteiger partial charge >= 0.3 is 0 Å². The van der Waals surface area contributed by atoms with E-state index in [1.54, 1.807) is 24.3 Å². The molecule has 1 aromatic rings. The zero-order valence-corrected chi connectivity index (χ0v) is 9.75. The Morgan fingerprint density at radius 3 is 2.31 bits per heavy atom. The maximum absolute atomic E-state index is 10.9. The summed E-state index contributed by atoms with van der Waals surface area (Å²) in [6.07, 6.45) is 1.95. The van der Waals surface area contributed by atoms with Crippen molar-refractivity contribution in [3.05, 3.63) is 29.8 Å². The van der Waals surface area contributed by atoms with Crippen molar-refractivity contribution >= 4 is 21.6 Å². The molecule has 0 atom stereocenters. The molecule has 0 aliphatic rings. The molecule has 88 valence electrons.